The van der Waals surface area contributed by atoms with E-state index >= 15 is 0 Å². The Hall–Kier alpha value is -2.93. The maximum atomic E-state index is 10.1. The lowest BCUT2D eigenvalue weighted by Crippen LogP contribution is -3.05. The van der Waals surface area contributed by atoms with E-state index in [1.807, 2.05) is 12.1 Å². The molecule has 140 valence electrons. The van der Waals surface area contributed by atoms with Crippen molar-refractivity contribution in [2.24, 2.45) is 0 Å². The molecule has 1 aromatic carbocycles. The molecule has 4 aromatic rings. The quantitative estimate of drug-likeness (QED) is 0.564. The zero-order valence-corrected chi connectivity index (χ0v) is 16.2. The van der Waals surface area contributed by atoms with Crippen LogP contribution in [0.25, 0.3) is 28.1 Å². The fourth-order valence-electron chi connectivity index (χ4n) is 3.57. The van der Waals surface area contributed by atoms with Gasteiger partial charge in [-0.1, -0.05) is 12.1 Å². The van der Waals surface area contributed by atoms with E-state index in [9.17, 15) is 5.11 Å². The Labute approximate surface area is 157 Å². The predicted molar refractivity (Wildman–Crippen MR) is 105 cm³/mol. The van der Waals surface area contributed by atoms with Gasteiger partial charge in [0.1, 0.15) is 17.7 Å². The lowest BCUT2D eigenvalue weighted by Gasteiger charge is -2.10. The van der Waals surface area contributed by atoms with Gasteiger partial charge in [-0.25, -0.2) is 14.5 Å². The number of fused-ring (bicyclic) bond motifs is 3. The monoisotopic (exact) mass is 365 g/mol. The van der Waals surface area contributed by atoms with E-state index in [-0.39, 0.29) is 5.75 Å². The van der Waals surface area contributed by atoms with Crippen LogP contribution in [0.1, 0.15) is 17.7 Å². The molecule has 27 heavy (non-hydrogen) atoms. The Bertz CT molecular complexity index is 1120. The molecule has 3 aromatic heterocycles. The van der Waals surface area contributed by atoms with Crippen LogP contribution in [0.3, 0.4) is 0 Å². The van der Waals surface area contributed by atoms with Crippen LogP contribution in [-0.2, 0) is 6.54 Å². The van der Waals surface area contributed by atoms with Crippen molar-refractivity contribution in [3.8, 4) is 17.1 Å². The Morgan fingerprint density at radius 3 is 2.63 bits per heavy atom. The predicted octanol–water partition coefficient (Wildman–Crippen LogP) is 1.60. The minimum absolute atomic E-state index is 0.175. The number of hydrogen-bond acceptors (Lipinski definition) is 4. The fraction of sp³-hybridized carbons (Fsp3) is 0.350. The van der Waals surface area contributed by atoms with Gasteiger partial charge >= 0.3 is 0 Å². The van der Waals surface area contributed by atoms with Gasteiger partial charge in [0.2, 0.25) is 0 Å². The van der Waals surface area contributed by atoms with E-state index in [0.717, 1.165) is 36.2 Å². The molecule has 0 aliphatic carbocycles. The number of phenolic OH excluding ortho intramolecular Hbond substituents is 1. The molecule has 0 spiro atoms. The number of aromatic hydroxyl groups is 1. The SMILES string of the molecule is Cc1c(C)n(CCC[NH+](C)C)c2ncn3nc(-c4ccccc4O)nc3c12. The number of rotatable bonds is 5. The molecule has 7 nitrogen and oxygen atoms in total. The number of para-hydroxylation sites is 1. The number of benzene rings is 1. The van der Waals surface area contributed by atoms with Crippen LogP contribution in [0.2, 0.25) is 0 Å². The molecule has 0 atom stereocenters. The topological polar surface area (TPSA) is 72.7 Å². The molecule has 0 bridgehead atoms. The van der Waals surface area contributed by atoms with Crippen LogP contribution in [0.5, 0.6) is 5.75 Å². The largest absolute Gasteiger partial charge is 0.507 e. The van der Waals surface area contributed by atoms with Crippen molar-refractivity contribution in [1.29, 1.82) is 0 Å². The average Bonchev–Trinajstić information content (AvgIpc) is 3.16. The zero-order valence-electron chi connectivity index (χ0n) is 16.2. The molecule has 0 amide bonds. The second-order valence-electron chi connectivity index (χ2n) is 7.34. The average molecular weight is 365 g/mol. The Kier molecular flexibility index (Phi) is 4.31. The summed E-state index contributed by atoms with van der Waals surface area (Å²) in [6, 6.07) is 7.12. The molecule has 0 aliphatic heterocycles. The minimum Gasteiger partial charge on any atom is -0.507 e. The van der Waals surface area contributed by atoms with Crippen molar-refractivity contribution in [2.75, 3.05) is 20.6 Å². The Morgan fingerprint density at radius 2 is 1.89 bits per heavy atom. The number of aryl methyl sites for hydroxylation is 2. The van der Waals surface area contributed by atoms with Crippen molar-refractivity contribution in [1.82, 2.24) is 24.1 Å². The summed E-state index contributed by atoms with van der Waals surface area (Å²) in [5, 5.41) is 15.7. The van der Waals surface area contributed by atoms with Gasteiger partial charge in [0, 0.05) is 18.7 Å². The van der Waals surface area contributed by atoms with Gasteiger partial charge in [0.05, 0.1) is 31.6 Å². The Morgan fingerprint density at radius 1 is 1.11 bits per heavy atom. The van der Waals surface area contributed by atoms with Crippen molar-refractivity contribution >= 4 is 16.7 Å². The van der Waals surface area contributed by atoms with E-state index in [1.165, 1.54) is 16.2 Å². The minimum atomic E-state index is 0.175. The Balaban J connectivity index is 1.85. The van der Waals surface area contributed by atoms with Crippen LogP contribution in [0, 0.1) is 13.8 Å². The summed E-state index contributed by atoms with van der Waals surface area (Å²) in [7, 11) is 4.34. The first-order valence-electron chi connectivity index (χ1n) is 9.25. The van der Waals surface area contributed by atoms with E-state index < -0.39 is 0 Å². The summed E-state index contributed by atoms with van der Waals surface area (Å²) in [6.45, 7) is 6.30. The molecular formula is C20H25N6O+. The molecule has 0 fully saturated rings. The van der Waals surface area contributed by atoms with Crippen LogP contribution in [-0.4, -0.2) is 49.9 Å². The summed E-state index contributed by atoms with van der Waals surface area (Å²) >= 11 is 0. The molecule has 4 rings (SSSR count). The molecule has 0 saturated heterocycles. The molecule has 2 N–H and O–H groups in total. The first kappa shape index (κ1) is 17.5. The number of hydrogen-bond donors (Lipinski definition) is 2. The first-order valence-corrected chi connectivity index (χ1v) is 9.25. The van der Waals surface area contributed by atoms with Gasteiger partial charge in [0.25, 0.3) is 0 Å². The van der Waals surface area contributed by atoms with Crippen molar-refractivity contribution < 1.29 is 10.0 Å². The van der Waals surface area contributed by atoms with Crippen LogP contribution in [0.15, 0.2) is 30.6 Å². The zero-order chi connectivity index (χ0) is 19.1. The summed E-state index contributed by atoms with van der Waals surface area (Å²) in [6.07, 6.45) is 2.80. The fourth-order valence-corrected chi connectivity index (χ4v) is 3.57. The second-order valence-corrected chi connectivity index (χ2v) is 7.34. The van der Waals surface area contributed by atoms with E-state index in [0.29, 0.717) is 11.4 Å². The molecule has 3 heterocycles. The van der Waals surface area contributed by atoms with Crippen molar-refractivity contribution in [2.45, 2.75) is 26.8 Å². The highest BCUT2D eigenvalue weighted by molar-refractivity contribution is 5.94. The van der Waals surface area contributed by atoms with Crippen LogP contribution < -0.4 is 4.90 Å². The number of quaternary nitrogens is 1. The maximum absolute atomic E-state index is 10.1. The normalized spacial score (nSPS) is 11.9. The molecule has 7 heteroatoms. The van der Waals surface area contributed by atoms with Gasteiger partial charge in [-0.3, -0.25) is 0 Å². The highest BCUT2D eigenvalue weighted by Gasteiger charge is 2.19. The van der Waals surface area contributed by atoms with Gasteiger partial charge < -0.3 is 14.6 Å². The second kappa shape index (κ2) is 6.66. The third-order valence-electron chi connectivity index (χ3n) is 5.15. The summed E-state index contributed by atoms with van der Waals surface area (Å²) in [5.41, 5.74) is 4.73. The lowest BCUT2D eigenvalue weighted by atomic mass is 10.2. The molecule has 0 radical (unpaired) electrons. The molecular weight excluding hydrogens is 340 g/mol. The third-order valence-corrected chi connectivity index (χ3v) is 5.15. The van der Waals surface area contributed by atoms with Gasteiger partial charge in [-0.15, -0.1) is 5.10 Å². The van der Waals surface area contributed by atoms with Crippen LogP contribution in [0.4, 0.5) is 0 Å². The van der Waals surface area contributed by atoms with E-state index in [2.05, 4.69) is 42.6 Å². The van der Waals surface area contributed by atoms with Gasteiger partial charge in [-0.2, -0.15) is 0 Å². The van der Waals surface area contributed by atoms with Crippen molar-refractivity contribution in [3.63, 3.8) is 0 Å². The van der Waals surface area contributed by atoms with E-state index in [4.69, 9.17) is 4.98 Å². The molecule has 0 saturated carbocycles. The highest BCUT2D eigenvalue weighted by atomic mass is 16.3. The number of nitrogens with one attached hydrogen (secondary N) is 1. The van der Waals surface area contributed by atoms with Gasteiger partial charge in [0.15, 0.2) is 11.5 Å². The van der Waals surface area contributed by atoms with Gasteiger partial charge in [-0.05, 0) is 31.5 Å². The molecule has 0 unspecified atom stereocenters. The summed E-state index contributed by atoms with van der Waals surface area (Å²) < 4.78 is 3.98. The smallest absolute Gasteiger partial charge is 0.185 e. The number of nitrogens with zero attached hydrogens (tertiary/aromatic N) is 5. The maximum Gasteiger partial charge on any atom is 0.185 e. The number of aromatic nitrogens is 5. The molecule has 0 aliphatic rings. The van der Waals surface area contributed by atoms with E-state index in [1.54, 1.807) is 23.0 Å². The highest BCUT2D eigenvalue weighted by Crippen LogP contribution is 2.30. The standard InChI is InChI=1S/C20H24N6O/c1-13-14(2)25(11-7-10-24(3)4)19-17(13)20-22-18(23-26(20)12-21-19)15-8-5-6-9-16(15)27/h5-6,8-9,12,27H,7,10-11H2,1-4H3/p+1. The third kappa shape index (κ3) is 2.94. The summed E-state index contributed by atoms with van der Waals surface area (Å²) in [4.78, 5) is 10.8. The summed E-state index contributed by atoms with van der Waals surface area (Å²) in [5.74, 6) is 0.678. The van der Waals surface area contributed by atoms with Crippen molar-refractivity contribution in [3.05, 3.63) is 41.9 Å². The first-order chi connectivity index (χ1) is 13.0. The van der Waals surface area contributed by atoms with Crippen LogP contribution >= 0.6 is 0 Å². The lowest BCUT2D eigenvalue weighted by molar-refractivity contribution is -0.858. The number of phenols is 1.